The van der Waals surface area contributed by atoms with E-state index in [2.05, 4.69) is 10.00 Å². The van der Waals surface area contributed by atoms with Crippen LogP contribution >= 0.6 is 0 Å². The SMILES string of the molecule is CCC(=O)c1cnn(C2CCN(CCOCCOC(C)C)CC2)c1. The van der Waals surface area contributed by atoms with Gasteiger partial charge < -0.3 is 14.4 Å². The Kier molecular flexibility index (Phi) is 7.88. The Morgan fingerprint density at radius 1 is 1.29 bits per heavy atom. The molecule has 2 heterocycles. The highest BCUT2D eigenvalue weighted by atomic mass is 16.5. The fourth-order valence-electron chi connectivity index (χ4n) is 2.93. The van der Waals surface area contributed by atoms with Gasteiger partial charge in [-0.1, -0.05) is 6.92 Å². The molecule has 0 aliphatic carbocycles. The normalized spacial score (nSPS) is 16.8. The Morgan fingerprint density at radius 2 is 2.04 bits per heavy atom. The van der Waals surface area contributed by atoms with E-state index in [1.807, 2.05) is 31.6 Å². The molecule has 0 bridgehead atoms. The zero-order valence-electron chi connectivity index (χ0n) is 15.2. The minimum atomic E-state index is 0.164. The second-order valence-electron chi connectivity index (χ2n) is 6.59. The van der Waals surface area contributed by atoms with Crippen LogP contribution in [0.15, 0.2) is 12.4 Å². The Morgan fingerprint density at radius 3 is 2.71 bits per heavy atom. The highest BCUT2D eigenvalue weighted by molar-refractivity contribution is 5.95. The highest BCUT2D eigenvalue weighted by Gasteiger charge is 2.21. The number of ether oxygens (including phenoxy) is 2. The van der Waals surface area contributed by atoms with Crippen LogP contribution in [0.1, 0.15) is 56.4 Å². The summed E-state index contributed by atoms with van der Waals surface area (Å²) in [5, 5.41) is 4.38. The van der Waals surface area contributed by atoms with E-state index >= 15 is 0 Å². The molecule has 0 unspecified atom stereocenters. The lowest BCUT2D eigenvalue weighted by Crippen LogP contribution is -2.37. The summed E-state index contributed by atoms with van der Waals surface area (Å²) < 4.78 is 13.0. The first-order valence-corrected chi connectivity index (χ1v) is 9.09. The van der Waals surface area contributed by atoms with Crippen molar-refractivity contribution < 1.29 is 14.3 Å². The minimum Gasteiger partial charge on any atom is -0.378 e. The van der Waals surface area contributed by atoms with Crippen molar-refractivity contribution in [2.24, 2.45) is 0 Å². The van der Waals surface area contributed by atoms with Crippen molar-refractivity contribution in [3.8, 4) is 0 Å². The van der Waals surface area contributed by atoms with Gasteiger partial charge in [-0.25, -0.2) is 0 Å². The molecule has 0 amide bonds. The molecule has 6 heteroatoms. The van der Waals surface area contributed by atoms with E-state index in [1.165, 1.54) is 0 Å². The molecule has 1 aromatic heterocycles. The largest absolute Gasteiger partial charge is 0.378 e. The number of hydrogen-bond donors (Lipinski definition) is 0. The topological polar surface area (TPSA) is 56.6 Å². The molecule has 0 radical (unpaired) electrons. The predicted molar refractivity (Wildman–Crippen MR) is 93.5 cm³/mol. The van der Waals surface area contributed by atoms with Gasteiger partial charge in [-0.15, -0.1) is 0 Å². The van der Waals surface area contributed by atoms with Crippen molar-refractivity contribution in [2.45, 2.75) is 52.2 Å². The summed E-state index contributed by atoms with van der Waals surface area (Å²) in [7, 11) is 0. The van der Waals surface area contributed by atoms with Gasteiger partial charge in [-0.3, -0.25) is 9.48 Å². The van der Waals surface area contributed by atoms with Crippen LogP contribution in [0.3, 0.4) is 0 Å². The summed E-state index contributed by atoms with van der Waals surface area (Å²) in [6, 6.07) is 0.403. The number of likely N-dealkylation sites (tertiary alicyclic amines) is 1. The molecule has 1 aliphatic rings. The van der Waals surface area contributed by atoms with Crippen LogP contribution in [0.2, 0.25) is 0 Å². The number of hydrogen-bond acceptors (Lipinski definition) is 5. The summed E-state index contributed by atoms with van der Waals surface area (Å²) in [5.74, 6) is 0.164. The van der Waals surface area contributed by atoms with Gasteiger partial charge in [-0.2, -0.15) is 5.10 Å². The maximum Gasteiger partial charge on any atom is 0.165 e. The average molecular weight is 337 g/mol. The molecule has 2 rings (SSSR count). The van der Waals surface area contributed by atoms with E-state index < -0.39 is 0 Å². The van der Waals surface area contributed by atoms with Crippen LogP contribution in [-0.4, -0.2) is 66.0 Å². The number of rotatable bonds is 10. The summed E-state index contributed by atoms with van der Waals surface area (Å²) in [6.45, 7) is 11.1. The van der Waals surface area contributed by atoms with Gasteiger partial charge in [0.15, 0.2) is 5.78 Å². The van der Waals surface area contributed by atoms with Crippen LogP contribution in [0.5, 0.6) is 0 Å². The van der Waals surface area contributed by atoms with Crippen LogP contribution in [-0.2, 0) is 9.47 Å². The fraction of sp³-hybridized carbons (Fsp3) is 0.778. The monoisotopic (exact) mass is 337 g/mol. The van der Waals surface area contributed by atoms with E-state index in [0.29, 0.717) is 25.7 Å². The number of piperidine rings is 1. The molecule has 1 saturated heterocycles. The number of aromatic nitrogens is 2. The molecule has 0 spiro atoms. The molecular weight excluding hydrogens is 306 g/mol. The lowest BCUT2D eigenvalue weighted by molar-refractivity contribution is 0.0119. The van der Waals surface area contributed by atoms with Crippen molar-refractivity contribution in [3.05, 3.63) is 18.0 Å². The van der Waals surface area contributed by atoms with Gasteiger partial charge in [0.25, 0.3) is 0 Å². The van der Waals surface area contributed by atoms with Crippen molar-refractivity contribution in [3.63, 3.8) is 0 Å². The van der Waals surface area contributed by atoms with Gasteiger partial charge in [0.2, 0.25) is 0 Å². The van der Waals surface area contributed by atoms with Gasteiger partial charge >= 0.3 is 0 Å². The number of nitrogens with zero attached hydrogens (tertiary/aromatic N) is 3. The van der Waals surface area contributed by atoms with E-state index in [9.17, 15) is 4.79 Å². The van der Waals surface area contributed by atoms with Crippen molar-refractivity contribution in [1.29, 1.82) is 0 Å². The maximum absolute atomic E-state index is 11.7. The molecule has 136 valence electrons. The number of ketones is 1. The highest BCUT2D eigenvalue weighted by Crippen LogP contribution is 2.22. The summed E-state index contributed by atoms with van der Waals surface area (Å²) in [6.07, 6.45) is 6.54. The van der Waals surface area contributed by atoms with E-state index in [-0.39, 0.29) is 11.9 Å². The van der Waals surface area contributed by atoms with Gasteiger partial charge in [0.1, 0.15) is 0 Å². The molecule has 1 aromatic rings. The van der Waals surface area contributed by atoms with Crippen molar-refractivity contribution >= 4 is 5.78 Å². The Labute approximate surface area is 145 Å². The third kappa shape index (κ3) is 6.00. The van der Waals surface area contributed by atoms with E-state index in [4.69, 9.17) is 9.47 Å². The zero-order valence-corrected chi connectivity index (χ0v) is 15.2. The molecule has 24 heavy (non-hydrogen) atoms. The quantitative estimate of drug-likeness (QED) is 0.485. The van der Waals surface area contributed by atoms with Crippen molar-refractivity contribution in [2.75, 3.05) is 39.5 Å². The molecule has 1 aliphatic heterocycles. The summed E-state index contributed by atoms with van der Waals surface area (Å²) in [5.41, 5.74) is 0.733. The summed E-state index contributed by atoms with van der Waals surface area (Å²) in [4.78, 5) is 14.1. The van der Waals surface area contributed by atoms with Crippen LogP contribution < -0.4 is 0 Å². The molecule has 0 saturated carbocycles. The standard InChI is InChI=1S/C18H31N3O3/c1-4-18(22)16-13-19-21(14-16)17-5-7-20(8-6-17)9-10-23-11-12-24-15(2)3/h13-15,17H,4-12H2,1-3H3. The lowest BCUT2D eigenvalue weighted by atomic mass is 10.1. The zero-order chi connectivity index (χ0) is 17.4. The second-order valence-corrected chi connectivity index (χ2v) is 6.59. The Bertz CT molecular complexity index is 493. The molecule has 1 fully saturated rings. The van der Waals surface area contributed by atoms with Gasteiger partial charge in [0, 0.05) is 32.3 Å². The van der Waals surface area contributed by atoms with E-state index in [0.717, 1.165) is 44.6 Å². The first kappa shape index (κ1) is 19.1. The van der Waals surface area contributed by atoms with Crippen molar-refractivity contribution in [1.82, 2.24) is 14.7 Å². The Balaban J connectivity index is 1.63. The minimum absolute atomic E-state index is 0.164. The molecule has 0 N–H and O–H groups in total. The Hall–Kier alpha value is -1.24. The van der Waals surface area contributed by atoms with E-state index in [1.54, 1.807) is 6.20 Å². The summed E-state index contributed by atoms with van der Waals surface area (Å²) >= 11 is 0. The predicted octanol–water partition coefficient (Wildman–Crippen LogP) is 2.55. The van der Waals surface area contributed by atoms with Gasteiger partial charge in [-0.05, 0) is 26.7 Å². The first-order chi connectivity index (χ1) is 11.6. The molecule has 6 nitrogen and oxygen atoms in total. The van der Waals surface area contributed by atoms with Crippen LogP contribution in [0.25, 0.3) is 0 Å². The second kappa shape index (κ2) is 9.91. The smallest absolute Gasteiger partial charge is 0.165 e. The number of Topliss-reactive ketones (excluding diaryl/α,β-unsaturated/α-hetero) is 1. The average Bonchev–Trinajstić information content (AvgIpc) is 3.07. The van der Waals surface area contributed by atoms with Crippen LogP contribution in [0, 0.1) is 0 Å². The molecular formula is C18H31N3O3. The van der Waals surface area contributed by atoms with Crippen LogP contribution in [0.4, 0.5) is 0 Å². The lowest BCUT2D eigenvalue weighted by Gasteiger charge is -2.31. The molecule has 0 atom stereocenters. The first-order valence-electron chi connectivity index (χ1n) is 9.09. The number of carbonyl (C=O) groups is 1. The fourth-order valence-corrected chi connectivity index (χ4v) is 2.93. The maximum atomic E-state index is 11.7. The van der Waals surface area contributed by atoms with Gasteiger partial charge in [0.05, 0.1) is 43.7 Å². The third-order valence-corrected chi connectivity index (χ3v) is 4.41. The third-order valence-electron chi connectivity index (χ3n) is 4.41. The molecule has 0 aromatic carbocycles. The number of carbonyl (C=O) groups excluding carboxylic acids is 1.